The third kappa shape index (κ3) is 1.75. The minimum Gasteiger partial charge on any atom is -0.550 e. The lowest BCUT2D eigenvalue weighted by Gasteiger charge is -2.32. The van der Waals surface area contributed by atoms with Crippen molar-refractivity contribution in [2.75, 3.05) is 0 Å². The highest BCUT2D eigenvalue weighted by atomic mass is 16.4. The number of carboxylic acids is 2. The zero-order valence-electron chi connectivity index (χ0n) is 6.62. The van der Waals surface area contributed by atoms with Crippen molar-refractivity contribution in [3.05, 3.63) is 0 Å². The first-order valence-corrected chi connectivity index (χ1v) is 4.04. The summed E-state index contributed by atoms with van der Waals surface area (Å²) in [5, 5.41) is 20.9. The summed E-state index contributed by atoms with van der Waals surface area (Å²) in [5.41, 5.74) is 0. The molecule has 1 rings (SSSR count). The van der Waals surface area contributed by atoms with Gasteiger partial charge in [0.1, 0.15) is 0 Å². The molecule has 68 valence electrons. The average molecular weight is 170 g/mol. The van der Waals surface area contributed by atoms with Crippen molar-refractivity contribution in [2.45, 2.75) is 25.7 Å². The molecule has 0 bridgehead atoms. The number of hydrogen-bond donors (Lipinski definition) is 0. The van der Waals surface area contributed by atoms with Gasteiger partial charge in [0, 0.05) is 23.8 Å². The molecule has 1 saturated carbocycles. The lowest BCUT2D eigenvalue weighted by molar-refractivity contribution is -0.328. The Labute approximate surface area is 70.2 Å². The molecular formula is C8H10O4-2. The van der Waals surface area contributed by atoms with Gasteiger partial charge in [0.05, 0.1) is 0 Å². The number of hydrogen-bond acceptors (Lipinski definition) is 4. The van der Waals surface area contributed by atoms with Crippen molar-refractivity contribution >= 4 is 11.9 Å². The number of carbonyl (C=O) groups is 2. The molecule has 0 heterocycles. The third-order valence-electron chi connectivity index (χ3n) is 2.37. The Balaban J connectivity index is 2.67. The van der Waals surface area contributed by atoms with E-state index in [2.05, 4.69) is 0 Å². The predicted octanol–water partition coefficient (Wildman–Crippen LogP) is -1.71. The van der Waals surface area contributed by atoms with Crippen LogP contribution in [0.25, 0.3) is 0 Å². The minimum absolute atomic E-state index is 0.404. The van der Waals surface area contributed by atoms with E-state index in [1.54, 1.807) is 0 Å². The summed E-state index contributed by atoms with van der Waals surface area (Å²) in [6.45, 7) is 0. The van der Waals surface area contributed by atoms with Crippen LogP contribution in [0, 0.1) is 11.8 Å². The normalized spacial score (nSPS) is 29.7. The van der Waals surface area contributed by atoms with Gasteiger partial charge < -0.3 is 19.8 Å². The van der Waals surface area contributed by atoms with Crippen molar-refractivity contribution in [3.8, 4) is 0 Å². The van der Waals surface area contributed by atoms with Crippen molar-refractivity contribution in [2.24, 2.45) is 11.8 Å². The van der Waals surface area contributed by atoms with E-state index in [1.165, 1.54) is 0 Å². The smallest absolute Gasteiger partial charge is 0.0451 e. The Morgan fingerprint density at radius 1 is 0.917 bits per heavy atom. The molecule has 0 saturated heterocycles. The second kappa shape index (κ2) is 3.56. The van der Waals surface area contributed by atoms with E-state index in [9.17, 15) is 19.8 Å². The van der Waals surface area contributed by atoms with Gasteiger partial charge in [0.15, 0.2) is 0 Å². The molecule has 0 aliphatic heterocycles. The Bertz CT molecular complexity index is 177. The summed E-state index contributed by atoms with van der Waals surface area (Å²) in [5.74, 6) is -4.21. The lowest BCUT2D eigenvalue weighted by Crippen LogP contribution is -2.45. The number of carboxylic acid groups (broad SMARTS) is 2. The molecule has 0 radical (unpaired) electrons. The maximum atomic E-state index is 10.5. The standard InChI is InChI=1S/C8H12O4/c9-7(10)5-3-1-2-4-6(5)8(11)12/h5-6H,1-4H2,(H,9,10)(H,11,12)/p-2/t5-,6-/m1/s1. The fourth-order valence-corrected chi connectivity index (χ4v) is 1.70. The van der Waals surface area contributed by atoms with Gasteiger partial charge >= 0.3 is 0 Å². The third-order valence-corrected chi connectivity index (χ3v) is 2.37. The first-order valence-electron chi connectivity index (χ1n) is 4.04. The van der Waals surface area contributed by atoms with E-state index in [4.69, 9.17) is 0 Å². The fourth-order valence-electron chi connectivity index (χ4n) is 1.70. The van der Waals surface area contributed by atoms with Crippen LogP contribution in [0.2, 0.25) is 0 Å². The zero-order chi connectivity index (χ0) is 9.14. The molecule has 0 aromatic rings. The monoisotopic (exact) mass is 170 g/mol. The summed E-state index contributed by atoms with van der Waals surface area (Å²) in [7, 11) is 0. The molecule has 1 aliphatic rings. The van der Waals surface area contributed by atoms with Gasteiger partial charge in [-0.1, -0.05) is 12.8 Å². The van der Waals surface area contributed by atoms with E-state index in [0.717, 1.165) is 12.8 Å². The highest BCUT2D eigenvalue weighted by Crippen LogP contribution is 2.28. The van der Waals surface area contributed by atoms with E-state index < -0.39 is 23.8 Å². The van der Waals surface area contributed by atoms with Crippen LogP contribution in [-0.2, 0) is 9.59 Å². The SMILES string of the molecule is O=C([O-])[C@@H]1CCCC[C@H]1C(=O)[O-]. The molecule has 4 heteroatoms. The fraction of sp³-hybridized carbons (Fsp3) is 0.750. The van der Waals surface area contributed by atoms with Gasteiger partial charge in [-0.05, 0) is 12.8 Å². The second-order valence-corrected chi connectivity index (χ2v) is 3.14. The first-order chi connectivity index (χ1) is 5.63. The Hall–Kier alpha value is -1.06. The molecule has 12 heavy (non-hydrogen) atoms. The van der Waals surface area contributed by atoms with Gasteiger partial charge in [-0.2, -0.15) is 0 Å². The second-order valence-electron chi connectivity index (χ2n) is 3.14. The summed E-state index contributed by atoms with van der Waals surface area (Å²) < 4.78 is 0. The maximum Gasteiger partial charge on any atom is 0.0451 e. The van der Waals surface area contributed by atoms with Gasteiger partial charge in [-0.3, -0.25) is 0 Å². The van der Waals surface area contributed by atoms with Crippen molar-refractivity contribution in [1.82, 2.24) is 0 Å². The highest BCUT2D eigenvalue weighted by molar-refractivity contribution is 5.77. The Morgan fingerprint density at radius 2 is 1.25 bits per heavy atom. The van der Waals surface area contributed by atoms with Gasteiger partial charge in [-0.25, -0.2) is 0 Å². The van der Waals surface area contributed by atoms with Crippen LogP contribution < -0.4 is 10.2 Å². The zero-order valence-corrected chi connectivity index (χ0v) is 6.62. The van der Waals surface area contributed by atoms with Crippen molar-refractivity contribution < 1.29 is 19.8 Å². The molecule has 1 fully saturated rings. The lowest BCUT2D eigenvalue weighted by atomic mass is 9.79. The van der Waals surface area contributed by atoms with Crippen LogP contribution in [0.5, 0.6) is 0 Å². The van der Waals surface area contributed by atoms with Crippen LogP contribution >= 0.6 is 0 Å². The summed E-state index contributed by atoms with van der Waals surface area (Å²) in [4.78, 5) is 20.9. The number of carbonyl (C=O) groups excluding carboxylic acids is 2. The molecule has 1 aliphatic carbocycles. The summed E-state index contributed by atoms with van der Waals surface area (Å²) >= 11 is 0. The number of rotatable bonds is 2. The first kappa shape index (κ1) is 9.03. The van der Waals surface area contributed by atoms with Crippen LogP contribution in [0.1, 0.15) is 25.7 Å². The highest BCUT2D eigenvalue weighted by Gasteiger charge is 2.26. The van der Waals surface area contributed by atoms with Gasteiger partial charge in [-0.15, -0.1) is 0 Å². The Kier molecular flexibility index (Phi) is 2.68. The van der Waals surface area contributed by atoms with Gasteiger partial charge in [0.25, 0.3) is 0 Å². The Morgan fingerprint density at radius 3 is 1.50 bits per heavy atom. The quantitative estimate of drug-likeness (QED) is 0.494. The predicted molar refractivity (Wildman–Crippen MR) is 35.5 cm³/mol. The topological polar surface area (TPSA) is 80.3 Å². The van der Waals surface area contributed by atoms with E-state index >= 15 is 0 Å². The van der Waals surface area contributed by atoms with Crippen molar-refractivity contribution in [1.29, 1.82) is 0 Å². The number of aliphatic carboxylic acids is 2. The minimum atomic E-state index is -1.26. The molecule has 2 atom stereocenters. The van der Waals surface area contributed by atoms with Crippen LogP contribution in [0.4, 0.5) is 0 Å². The summed E-state index contributed by atoms with van der Waals surface area (Å²) in [6, 6.07) is 0. The molecule has 0 spiro atoms. The van der Waals surface area contributed by atoms with E-state index in [1.807, 2.05) is 0 Å². The molecule has 0 N–H and O–H groups in total. The van der Waals surface area contributed by atoms with Crippen LogP contribution in [0.3, 0.4) is 0 Å². The van der Waals surface area contributed by atoms with Crippen LogP contribution in [0.15, 0.2) is 0 Å². The van der Waals surface area contributed by atoms with E-state index in [0.29, 0.717) is 12.8 Å². The maximum absolute atomic E-state index is 10.5. The van der Waals surface area contributed by atoms with Crippen LogP contribution in [-0.4, -0.2) is 11.9 Å². The molecule has 4 nitrogen and oxygen atoms in total. The molecule has 0 aromatic heterocycles. The average Bonchev–Trinajstić information content (AvgIpc) is 2.04. The van der Waals surface area contributed by atoms with Crippen molar-refractivity contribution in [3.63, 3.8) is 0 Å². The molecule has 0 amide bonds. The molecule has 0 aromatic carbocycles. The van der Waals surface area contributed by atoms with Gasteiger partial charge in [0.2, 0.25) is 0 Å². The summed E-state index contributed by atoms with van der Waals surface area (Å²) in [6.07, 6.45) is 2.34. The largest absolute Gasteiger partial charge is 0.550 e. The molecule has 0 unspecified atom stereocenters. The molecular weight excluding hydrogens is 160 g/mol. The van der Waals surface area contributed by atoms with E-state index in [-0.39, 0.29) is 0 Å².